The molecule has 0 saturated heterocycles. The molecule has 1 aromatic rings. The number of hydrogen-bond donors (Lipinski definition) is 1. The van der Waals surface area contributed by atoms with Crippen molar-refractivity contribution in [3.8, 4) is 0 Å². The van der Waals surface area contributed by atoms with Crippen LogP contribution in [0.15, 0.2) is 22.7 Å². The topological polar surface area (TPSA) is 12.0 Å². The predicted octanol–water partition coefficient (Wildman–Crippen LogP) is 2.87. The molecule has 70 valence electrons. The number of fused-ring (bicyclic) bond motifs is 1. The minimum absolute atomic E-state index is 0.659. The highest BCUT2D eigenvalue weighted by molar-refractivity contribution is 9.10. The quantitative estimate of drug-likeness (QED) is 0.795. The van der Waals surface area contributed by atoms with Crippen LogP contribution in [0.25, 0.3) is 0 Å². The Bertz CT molecular complexity index is 309. The highest BCUT2D eigenvalue weighted by atomic mass is 79.9. The molecule has 1 heterocycles. The van der Waals surface area contributed by atoms with E-state index in [4.69, 9.17) is 0 Å². The minimum atomic E-state index is 0.659. The molecule has 0 bridgehead atoms. The average molecular weight is 240 g/mol. The molecule has 0 amide bonds. The van der Waals surface area contributed by atoms with Gasteiger partial charge in [0.1, 0.15) is 0 Å². The van der Waals surface area contributed by atoms with E-state index in [1.165, 1.54) is 22.0 Å². The molecule has 1 atom stereocenters. The monoisotopic (exact) mass is 239 g/mol. The second-order valence-corrected chi connectivity index (χ2v) is 4.42. The van der Waals surface area contributed by atoms with Crippen molar-refractivity contribution in [2.45, 2.75) is 32.4 Å². The molecule has 1 aromatic carbocycles. The van der Waals surface area contributed by atoms with Crippen LogP contribution < -0.4 is 5.32 Å². The van der Waals surface area contributed by atoms with Gasteiger partial charge in [-0.25, -0.2) is 0 Å². The van der Waals surface area contributed by atoms with Crippen LogP contribution in [0.5, 0.6) is 0 Å². The number of rotatable bonds is 1. The van der Waals surface area contributed by atoms with Crippen LogP contribution in [0.1, 0.15) is 24.5 Å². The number of nitrogens with one attached hydrogen (secondary N) is 1. The van der Waals surface area contributed by atoms with Gasteiger partial charge in [-0.15, -0.1) is 0 Å². The van der Waals surface area contributed by atoms with Crippen molar-refractivity contribution in [3.63, 3.8) is 0 Å². The summed E-state index contributed by atoms with van der Waals surface area (Å²) in [5.74, 6) is 0. The maximum absolute atomic E-state index is 3.61. The van der Waals surface area contributed by atoms with E-state index in [1.807, 2.05) is 0 Å². The lowest BCUT2D eigenvalue weighted by Crippen LogP contribution is -2.34. The summed E-state index contributed by atoms with van der Waals surface area (Å²) in [6.07, 6.45) is 2.37. The van der Waals surface area contributed by atoms with E-state index in [9.17, 15) is 0 Å². The molecule has 1 aliphatic heterocycles. The molecule has 1 unspecified atom stereocenters. The van der Waals surface area contributed by atoms with Gasteiger partial charge in [-0.3, -0.25) is 0 Å². The standard InChI is InChI=1S/C11H14BrN/c1-2-9-6-10-8(7-13-9)4-3-5-11(10)12/h3-5,9,13H,2,6-7H2,1H3. The van der Waals surface area contributed by atoms with Crippen LogP contribution in [0.2, 0.25) is 0 Å². The molecular formula is C11H14BrN. The van der Waals surface area contributed by atoms with E-state index in [1.54, 1.807) is 0 Å². The predicted molar refractivity (Wildman–Crippen MR) is 58.8 cm³/mol. The maximum Gasteiger partial charge on any atom is 0.0211 e. The minimum Gasteiger partial charge on any atom is -0.310 e. The van der Waals surface area contributed by atoms with Gasteiger partial charge in [0.15, 0.2) is 0 Å². The Labute approximate surface area is 87.7 Å². The Kier molecular flexibility index (Phi) is 2.70. The first-order valence-electron chi connectivity index (χ1n) is 4.81. The molecule has 13 heavy (non-hydrogen) atoms. The Balaban J connectivity index is 2.32. The molecule has 2 heteroatoms. The van der Waals surface area contributed by atoms with Crippen LogP contribution in [0.4, 0.5) is 0 Å². The van der Waals surface area contributed by atoms with Crippen LogP contribution in [-0.2, 0) is 13.0 Å². The van der Waals surface area contributed by atoms with Gasteiger partial charge in [-0.05, 0) is 30.0 Å². The molecule has 0 radical (unpaired) electrons. The van der Waals surface area contributed by atoms with Gasteiger partial charge < -0.3 is 5.32 Å². The van der Waals surface area contributed by atoms with Gasteiger partial charge >= 0.3 is 0 Å². The third-order valence-corrected chi connectivity index (χ3v) is 3.48. The van der Waals surface area contributed by atoms with Gasteiger partial charge in [-0.2, -0.15) is 0 Å². The fourth-order valence-corrected chi connectivity index (χ4v) is 2.43. The van der Waals surface area contributed by atoms with Crippen LogP contribution in [0, 0.1) is 0 Å². The van der Waals surface area contributed by atoms with Crippen molar-refractivity contribution in [2.75, 3.05) is 0 Å². The summed E-state index contributed by atoms with van der Waals surface area (Å²) < 4.78 is 1.27. The molecule has 0 saturated carbocycles. The molecule has 0 aliphatic carbocycles. The fourth-order valence-electron chi connectivity index (χ4n) is 1.86. The zero-order chi connectivity index (χ0) is 9.26. The number of benzene rings is 1. The van der Waals surface area contributed by atoms with E-state index in [0.717, 1.165) is 13.0 Å². The lowest BCUT2D eigenvalue weighted by atomic mass is 9.95. The summed E-state index contributed by atoms with van der Waals surface area (Å²) in [5.41, 5.74) is 2.94. The van der Waals surface area contributed by atoms with Crippen LogP contribution in [0.3, 0.4) is 0 Å². The van der Waals surface area contributed by atoms with Crippen molar-refractivity contribution in [1.29, 1.82) is 0 Å². The zero-order valence-electron chi connectivity index (χ0n) is 7.81. The van der Waals surface area contributed by atoms with E-state index >= 15 is 0 Å². The first kappa shape index (κ1) is 9.22. The average Bonchev–Trinajstić information content (AvgIpc) is 2.18. The summed E-state index contributed by atoms with van der Waals surface area (Å²) in [6.45, 7) is 3.26. The zero-order valence-corrected chi connectivity index (χ0v) is 9.39. The summed E-state index contributed by atoms with van der Waals surface area (Å²) in [7, 11) is 0. The summed E-state index contributed by atoms with van der Waals surface area (Å²) in [6, 6.07) is 7.11. The molecule has 1 N–H and O–H groups in total. The molecule has 1 aliphatic rings. The van der Waals surface area contributed by atoms with Gasteiger partial charge in [0.25, 0.3) is 0 Å². The van der Waals surface area contributed by atoms with Crippen molar-refractivity contribution in [1.82, 2.24) is 5.32 Å². The lowest BCUT2D eigenvalue weighted by molar-refractivity contribution is 0.467. The fraction of sp³-hybridized carbons (Fsp3) is 0.455. The second kappa shape index (κ2) is 3.81. The Morgan fingerprint density at radius 1 is 1.54 bits per heavy atom. The molecule has 0 fully saturated rings. The SMILES string of the molecule is CCC1Cc2c(Br)cccc2CN1. The third-order valence-electron chi connectivity index (χ3n) is 2.74. The first-order valence-corrected chi connectivity index (χ1v) is 5.60. The summed E-state index contributed by atoms with van der Waals surface area (Å²) >= 11 is 3.61. The largest absolute Gasteiger partial charge is 0.310 e. The third kappa shape index (κ3) is 1.79. The van der Waals surface area contributed by atoms with Crippen molar-refractivity contribution in [3.05, 3.63) is 33.8 Å². The highest BCUT2D eigenvalue weighted by Gasteiger charge is 2.17. The number of halogens is 1. The first-order chi connectivity index (χ1) is 6.31. The Morgan fingerprint density at radius 3 is 3.15 bits per heavy atom. The molecule has 2 rings (SSSR count). The smallest absolute Gasteiger partial charge is 0.0211 e. The van der Waals surface area contributed by atoms with Gasteiger partial charge in [0.05, 0.1) is 0 Å². The summed E-state index contributed by atoms with van der Waals surface area (Å²) in [5, 5.41) is 3.53. The summed E-state index contributed by atoms with van der Waals surface area (Å²) in [4.78, 5) is 0. The Hall–Kier alpha value is -0.340. The molecule has 1 nitrogen and oxygen atoms in total. The van der Waals surface area contributed by atoms with Crippen molar-refractivity contribution < 1.29 is 0 Å². The normalized spacial score (nSPS) is 21.2. The highest BCUT2D eigenvalue weighted by Crippen LogP contribution is 2.25. The maximum atomic E-state index is 3.61. The van der Waals surface area contributed by atoms with Crippen molar-refractivity contribution >= 4 is 15.9 Å². The Morgan fingerprint density at radius 2 is 2.38 bits per heavy atom. The van der Waals surface area contributed by atoms with Gasteiger partial charge in [0.2, 0.25) is 0 Å². The molecular weight excluding hydrogens is 226 g/mol. The van der Waals surface area contributed by atoms with Crippen LogP contribution >= 0.6 is 15.9 Å². The van der Waals surface area contributed by atoms with E-state index in [0.29, 0.717) is 6.04 Å². The lowest BCUT2D eigenvalue weighted by Gasteiger charge is -2.25. The van der Waals surface area contributed by atoms with Crippen molar-refractivity contribution in [2.24, 2.45) is 0 Å². The number of hydrogen-bond acceptors (Lipinski definition) is 1. The van der Waals surface area contributed by atoms with E-state index < -0.39 is 0 Å². The molecule has 0 aromatic heterocycles. The molecule has 0 spiro atoms. The van der Waals surface area contributed by atoms with E-state index in [-0.39, 0.29) is 0 Å². The van der Waals surface area contributed by atoms with Crippen LogP contribution in [-0.4, -0.2) is 6.04 Å². The van der Waals surface area contributed by atoms with Gasteiger partial charge in [0, 0.05) is 17.1 Å². The van der Waals surface area contributed by atoms with Gasteiger partial charge in [-0.1, -0.05) is 35.0 Å². The van der Waals surface area contributed by atoms with E-state index in [2.05, 4.69) is 46.4 Å². The second-order valence-electron chi connectivity index (χ2n) is 3.57.